The van der Waals surface area contributed by atoms with Crippen LogP contribution in [0.15, 0.2) is 102 Å². The van der Waals surface area contributed by atoms with E-state index < -0.39 is 34.3 Å². The van der Waals surface area contributed by atoms with E-state index in [9.17, 15) is 22.4 Å². The summed E-state index contributed by atoms with van der Waals surface area (Å²) >= 11 is 12.5. The van der Waals surface area contributed by atoms with Crippen LogP contribution in [0.5, 0.6) is 0 Å². The Morgan fingerprint density at radius 1 is 0.870 bits per heavy atom. The molecule has 7 nitrogen and oxygen atoms in total. The molecule has 0 fully saturated rings. The smallest absolute Gasteiger partial charge is 0.264 e. The maximum atomic E-state index is 14.5. The molecule has 2 amide bonds. The van der Waals surface area contributed by atoms with Gasteiger partial charge in [-0.1, -0.05) is 84.2 Å². The minimum atomic E-state index is -4.30. The Balaban J connectivity index is 1.82. The van der Waals surface area contributed by atoms with Crippen LogP contribution in [0, 0.1) is 12.7 Å². The molecule has 0 aromatic heterocycles. The SMILES string of the molecule is CC[C@@H](C)NC(=O)[C@H](Cc1ccccc1)N(Cc1ccc(Cl)c(Cl)c1)C(=O)CN(c1ccc(F)cc1)S(=O)(=O)c1ccc(C)cc1. The predicted octanol–water partition coefficient (Wildman–Crippen LogP) is 7.19. The Labute approximate surface area is 280 Å². The summed E-state index contributed by atoms with van der Waals surface area (Å²) < 4.78 is 43.0. The summed E-state index contributed by atoms with van der Waals surface area (Å²) in [6.45, 7) is 4.91. The van der Waals surface area contributed by atoms with Gasteiger partial charge in [-0.2, -0.15) is 0 Å². The highest BCUT2D eigenvalue weighted by molar-refractivity contribution is 7.92. The number of halogens is 3. The molecule has 46 heavy (non-hydrogen) atoms. The lowest BCUT2D eigenvalue weighted by Gasteiger charge is -2.34. The fraction of sp³-hybridized carbons (Fsp3) is 0.257. The molecular formula is C35H36Cl2FN3O4S. The quantitative estimate of drug-likeness (QED) is 0.162. The molecule has 0 heterocycles. The van der Waals surface area contributed by atoms with Crippen LogP contribution in [0.1, 0.15) is 37.0 Å². The molecule has 4 aromatic rings. The fourth-order valence-corrected chi connectivity index (χ4v) is 6.54. The van der Waals surface area contributed by atoms with Crippen molar-refractivity contribution in [1.82, 2.24) is 10.2 Å². The van der Waals surface area contributed by atoms with Gasteiger partial charge in [-0.15, -0.1) is 0 Å². The summed E-state index contributed by atoms with van der Waals surface area (Å²) in [7, 11) is -4.30. The van der Waals surface area contributed by atoms with Crippen LogP contribution < -0.4 is 9.62 Å². The lowest BCUT2D eigenvalue weighted by atomic mass is 10.0. The van der Waals surface area contributed by atoms with Gasteiger partial charge in [-0.25, -0.2) is 12.8 Å². The third-order valence-corrected chi connectivity index (χ3v) is 10.1. The molecule has 0 radical (unpaired) electrons. The first-order valence-corrected chi connectivity index (χ1v) is 17.0. The van der Waals surface area contributed by atoms with Crippen LogP contribution in [-0.2, 0) is 32.6 Å². The standard InChI is InChI=1S/C35H36Cl2FN3O4S/c1-4-25(3)39-35(43)33(21-26-8-6-5-7-9-26)40(22-27-12-19-31(36)32(37)20-27)34(42)23-41(29-15-13-28(38)14-16-29)46(44,45)30-17-10-24(2)11-18-30/h5-20,25,33H,4,21-23H2,1-3H3,(H,39,43)/t25-,33+/m1/s1. The number of aryl methyl sites for hydroxylation is 1. The molecule has 0 aliphatic carbocycles. The van der Waals surface area contributed by atoms with Crippen molar-refractivity contribution in [2.75, 3.05) is 10.8 Å². The number of benzene rings is 4. The van der Waals surface area contributed by atoms with E-state index >= 15 is 0 Å². The second-order valence-corrected chi connectivity index (χ2v) is 13.8. The highest BCUT2D eigenvalue weighted by atomic mass is 35.5. The summed E-state index contributed by atoms with van der Waals surface area (Å²) in [6, 6.07) is 24.0. The third-order valence-electron chi connectivity index (χ3n) is 7.61. The molecule has 0 spiro atoms. The van der Waals surface area contributed by atoms with Crippen LogP contribution in [0.25, 0.3) is 0 Å². The van der Waals surface area contributed by atoms with Crippen molar-refractivity contribution >= 4 is 50.7 Å². The first-order chi connectivity index (χ1) is 21.9. The molecule has 0 saturated carbocycles. The van der Waals surface area contributed by atoms with Crippen LogP contribution in [0.2, 0.25) is 10.0 Å². The predicted molar refractivity (Wildman–Crippen MR) is 181 cm³/mol. The van der Waals surface area contributed by atoms with Gasteiger partial charge in [0.25, 0.3) is 10.0 Å². The van der Waals surface area contributed by atoms with Crippen molar-refractivity contribution in [2.45, 2.75) is 57.1 Å². The van der Waals surface area contributed by atoms with Crippen molar-refractivity contribution in [3.8, 4) is 0 Å². The summed E-state index contributed by atoms with van der Waals surface area (Å²) in [4.78, 5) is 29.7. The Bertz CT molecular complexity index is 1760. The van der Waals surface area contributed by atoms with Gasteiger partial charge in [0.1, 0.15) is 18.4 Å². The highest BCUT2D eigenvalue weighted by Gasteiger charge is 2.35. The van der Waals surface area contributed by atoms with Crippen molar-refractivity contribution in [3.05, 3.63) is 130 Å². The molecule has 11 heteroatoms. The van der Waals surface area contributed by atoms with Crippen LogP contribution in [0.4, 0.5) is 10.1 Å². The average molecular weight is 685 g/mol. The van der Waals surface area contributed by atoms with Crippen LogP contribution >= 0.6 is 23.2 Å². The van der Waals surface area contributed by atoms with E-state index in [4.69, 9.17) is 23.2 Å². The van der Waals surface area contributed by atoms with E-state index in [0.717, 1.165) is 27.6 Å². The van der Waals surface area contributed by atoms with Crippen molar-refractivity contribution in [1.29, 1.82) is 0 Å². The first-order valence-electron chi connectivity index (χ1n) is 14.8. The van der Waals surface area contributed by atoms with Gasteiger partial charge in [0.05, 0.1) is 20.6 Å². The topological polar surface area (TPSA) is 86.8 Å². The normalized spacial score (nSPS) is 12.7. The Kier molecular flexibility index (Phi) is 11.8. The summed E-state index contributed by atoms with van der Waals surface area (Å²) in [5, 5.41) is 3.58. The summed E-state index contributed by atoms with van der Waals surface area (Å²) in [6.07, 6.45) is 0.828. The van der Waals surface area contributed by atoms with Crippen molar-refractivity contribution in [3.63, 3.8) is 0 Å². The molecule has 0 bridgehead atoms. The van der Waals surface area contributed by atoms with E-state index in [0.29, 0.717) is 17.0 Å². The lowest BCUT2D eigenvalue weighted by Crippen LogP contribution is -2.54. The molecule has 0 aliphatic heterocycles. The highest BCUT2D eigenvalue weighted by Crippen LogP contribution is 2.27. The number of nitrogens with zero attached hydrogens (tertiary/aromatic N) is 2. The summed E-state index contributed by atoms with van der Waals surface area (Å²) in [5.74, 6) is -1.60. The van der Waals surface area contributed by atoms with Gasteiger partial charge < -0.3 is 10.2 Å². The number of anilines is 1. The molecule has 4 aromatic carbocycles. The number of amides is 2. The zero-order valence-corrected chi connectivity index (χ0v) is 28.1. The zero-order chi connectivity index (χ0) is 33.4. The number of hydrogen-bond acceptors (Lipinski definition) is 4. The second kappa shape index (κ2) is 15.6. The minimum Gasteiger partial charge on any atom is -0.352 e. The van der Waals surface area contributed by atoms with Gasteiger partial charge in [0.2, 0.25) is 11.8 Å². The number of rotatable bonds is 13. The van der Waals surface area contributed by atoms with Crippen molar-refractivity contribution in [2.24, 2.45) is 0 Å². The fourth-order valence-electron chi connectivity index (χ4n) is 4.80. The molecule has 242 valence electrons. The third kappa shape index (κ3) is 8.87. The van der Waals surface area contributed by atoms with E-state index in [2.05, 4.69) is 5.32 Å². The first kappa shape index (κ1) is 34.9. The minimum absolute atomic E-state index is 0.0402. The maximum Gasteiger partial charge on any atom is 0.264 e. The Morgan fingerprint density at radius 3 is 2.13 bits per heavy atom. The Hall–Kier alpha value is -3.92. The van der Waals surface area contributed by atoms with E-state index in [1.807, 2.05) is 51.1 Å². The maximum absolute atomic E-state index is 14.5. The number of carbonyl (C=O) groups excluding carboxylic acids is 2. The van der Waals surface area contributed by atoms with Crippen molar-refractivity contribution < 1.29 is 22.4 Å². The molecule has 0 aliphatic rings. The number of carbonyl (C=O) groups is 2. The monoisotopic (exact) mass is 683 g/mol. The number of sulfonamides is 1. The van der Waals surface area contributed by atoms with Crippen LogP contribution in [-0.4, -0.2) is 43.8 Å². The number of nitrogens with one attached hydrogen (secondary N) is 1. The molecule has 2 atom stereocenters. The second-order valence-electron chi connectivity index (χ2n) is 11.1. The van der Waals surface area contributed by atoms with Gasteiger partial charge in [-0.3, -0.25) is 13.9 Å². The lowest BCUT2D eigenvalue weighted by molar-refractivity contribution is -0.140. The van der Waals surface area contributed by atoms with E-state index in [1.54, 1.807) is 30.3 Å². The van der Waals surface area contributed by atoms with Crippen LogP contribution in [0.3, 0.4) is 0 Å². The van der Waals surface area contributed by atoms with Gasteiger partial charge in [0.15, 0.2) is 0 Å². The summed E-state index contributed by atoms with van der Waals surface area (Å²) in [5.41, 5.74) is 2.34. The number of hydrogen-bond donors (Lipinski definition) is 1. The molecule has 0 saturated heterocycles. The largest absolute Gasteiger partial charge is 0.352 e. The van der Waals surface area contributed by atoms with Gasteiger partial charge in [0, 0.05) is 19.0 Å². The molecule has 1 N–H and O–H groups in total. The van der Waals surface area contributed by atoms with Gasteiger partial charge >= 0.3 is 0 Å². The zero-order valence-electron chi connectivity index (χ0n) is 25.8. The molecule has 0 unspecified atom stereocenters. The molecular weight excluding hydrogens is 648 g/mol. The average Bonchev–Trinajstić information content (AvgIpc) is 3.04. The van der Waals surface area contributed by atoms with E-state index in [1.165, 1.54) is 29.2 Å². The van der Waals surface area contributed by atoms with E-state index in [-0.39, 0.29) is 40.5 Å². The van der Waals surface area contributed by atoms with Gasteiger partial charge in [-0.05, 0) is 79.9 Å². The Morgan fingerprint density at radius 2 is 1.52 bits per heavy atom. The molecule has 4 rings (SSSR count).